The third kappa shape index (κ3) is 3.58. The van der Waals surface area contributed by atoms with Gasteiger partial charge in [-0.1, -0.05) is 24.6 Å². The van der Waals surface area contributed by atoms with Crippen LogP contribution in [0.4, 0.5) is 4.39 Å². The molecule has 0 saturated heterocycles. The van der Waals surface area contributed by atoms with Gasteiger partial charge in [0, 0.05) is 16.5 Å². The number of aryl methyl sites for hydroxylation is 1. The summed E-state index contributed by atoms with van der Waals surface area (Å²) in [5, 5.41) is 6.15. The number of ketones is 1. The van der Waals surface area contributed by atoms with E-state index < -0.39 is 45.9 Å². The fourth-order valence-corrected chi connectivity index (χ4v) is 6.08. The van der Waals surface area contributed by atoms with Gasteiger partial charge in [0.1, 0.15) is 11.9 Å². The molecule has 1 aliphatic rings. The van der Waals surface area contributed by atoms with Crippen molar-refractivity contribution in [1.29, 1.82) is 0 Å². The van der Waals surface area contributed by atoms with Crippen molar-refractivity contribution in [3.8, 4) is 0 Å². The number of halogens is 2. The number of hydrogen-bond acceptors (Lipinski definition) is 6. The lowest BCUT2D eigenvalue weighted by Crippen LogP contribution is -2.45. The lowest BCUT2D eigenvalue weighted by Gasteiger charge is -2.35. The maximum absolute atomic E-state index is 14.9. The molecule has 2 aromatic carbocycles. The Balaban J connectivity index is 1.93. The minimum Gasteiger partial charge on any atom is -0.391 e. The van der Waals surface area contributed by atoms with Gasteiger partial charge in [-0.15, -0.1) is 5.10 Å². The number of fused-ring (bicyclic) bond motifs is 1. The van der Waals surface area contributed by atoms with Crippen LogP contribution in [0.3, 0.4) is 0 Å². The fraction of sp³-hybridized carbons (Fsp3) is 0.286. The second-order valence-corrected chi connectivity index (χ2v) is 10.00. The number of carbonyl (C=O) groups is 1. The third-order valence-electron chi connectivity index (χ3n) is 5.81. The molecule has 1 aromatic heterocycles. The van der Waals surface area contributed by atoms with Crippen molar-refractivity contribution in [2.24, 2.45) is 0 Å². The highest BCUT2D eigenvalue weighted by Gasteiger charge is 2.45. The molecule has 0 saturated carbocycles. The molecular weight excluding hydrogens is 461 g/mol. The van der Waals surface area contributed by atoms with Crippen LogP contribution in [0.25, 0.3) is 0 Å². The van der Waals surface area contributed by atoms with E-state index in [1.54, 1.807) is 26.8 Å². The van der Waals surface area contributed by atoms with Crippen LogP contribution in [0.5, 0.6) is 0 Å². The molecule has 1 unspecified atom stereocenters. The smallest absolute Gasteiger partial charge is 0.391 e. The Hall–Kier alpha value is -2.82. The number of nitrogens with zero attached hydrogens (tertiary/aromatic N) is 2. The quantitative estimate of drug-likeness (QED) is 0.612. The van der Waals surface area contributed by atoms with Crippen LogP contribution < -0.4 is 5.76 Å². The van der Waals surface area contributed by atoms with Crippen LogP contribution in [-0.2, 0) is 10.0 Å². The minimum atomic E-state index is -4.24. The number of nitrogens with one attached hydrogen (secondary N) is 1. The van der Waals surface area contributed by atoms with E-state index >= 15 is 0 Å². The third-order valence-corrected chi connectivity index (χ3v) is 7.93. The molecule has 2 atom stereocenters. The number of hydrogen-bond donors (Lipinski definition) is 1. The monoisotopic (exact) mass is 479 g/mol. The lowest BCUT2D eigenvalue weighted by molar-refractivity contribution is 0.0926. The number of aromatic nitrogens is 2. The van der Waals surface area contributed by atoms with Crippen molar-refractivity contribution in [3.05, 3.63) is 79.9 Å². The molecule has 32 heavy (non-hydrogen) atoms. The first-order valence-corrected chi connectivity index (χ1v) is 11.5. The summed E-state index contributed by atoms with van der Waals surface area (Å²) in [4.78, 5) is 24.3. The fourth-order valence-electron chi connectivity index (χ4n) is 4.11. The Kier molecular flexibility index (Phi) is 5.56. The zero-order valence-electron chi connectivity index (χ0n) is 17.3. The zero-order chi connectivity index (χ0) is 23.4. The molecule has 2 heterocycles. The molecular formula is C21H19ClFN3O5S. The van der Waals surface area contributed by atoms with Crippen LogP contribution in [0, 0.1) is 19.7 Å². The van der Waals surface area contributed by atoms with Gasteiger partial charge >= 0.3 is 5.76 Å². The number of rotatable bonds is 4. The van der Waals surface area contributed by atoms with E-state index in [2.05, 4.69) is 10.2 Å². The van der Waals surface area contributed by atoms with Crippen molar-refractivity contribution >= 4 is 27.4 Å². The molecule has 0 bridgehead atoms. The summed E-state index contributed by atoms with van der Waals surface area (Å²) >= 11 is 5.95. The van der Waals surface area contributed by atoms with Gasteiger partial charge in [0.2, 0.25) is 15.9 Å². The molecule has 0 aliphatic carbocycles. The van der Waals surface area contributed by atoms with E-state index in [0.29, 0.717) is 5.56 Å². The van der Waals surface area contributed by atoms with Crippen LogP contribution in [-0.4, -0.2) is 35.2 Å². The maximum atomic E-state index is 14.9. The molecule has 3 aromatic rings. The predicted octanol–water partition coefficient (Wildman–Crippen LogP) is 3.50. The van der Waals surface area contributed by atoms with Crippen molar-refractivity contribution in [3.63, 3.8) is 0 Å². The molecule has 0 amide bonds. The topological polar surface area (TPSA) is 113 Å². The average Bonchev–Trinajstić information content (AvgIpc) is 3.15. The summed E-state index contributed by atoms with van der Waals surface area (Å²) in [6.07, 6.45) is 0. The van der Waals surface area contributed by atoms with Gasteiger partial charge < -0.3 is 4.42 Å². The van der Waals surface area contributed by atoms with E-state index in [9.17, 15) is 22.4 Å². The van der Waals surface area contributed by atoms with E-state index in [4.69, 9.17) is 16.0 Å². The molecule has 0 fully saturated rings. The summed E-state index contributed by atoms with van der Waals surface area (Å²) in [6.45, 7) is 4.57. The van der Waals surface area contributed by atoms with Crippen LogP contribution in [0.15, 0.2) is 44.4 Å². The van der Waals surface area contributed by atoms with Crippen molar-refractivity contribution in [1.82, 2.24) is 14.5 Å². The molecule has 1 aliphatic heterocycles. The molecule has 0 spiro atoms. The van der Waals surface area contributed by atoms with E-state index in [0.717, 1.165) is 9.87 Å². The summed E-state index contributed by atoms with van der Waals surface area (Å²) in [5.74, 6) is -3.05. The summed E-state index contributed by atoms with van der Waals surface area (Å²) in [5.41, 5.74) is 1.63. The SMILES string of the molecule is Cc1ccc(F)c(C(C)[C@@H](c2n[nH]c(=O)o2)N2CC(=O)c3cc(Cl)ccc3S2(=O)=O)c1C. The maximum Gasteiger partial charge on any atom is 0.434 e. The molecule has 4 rings (SSSR count). The zero-order valence-corrected chi connectivity index (χ0v) is 18.9. The van der Waals surface area contributed by atoms with Gasteiger partial charge in [-0.2, -0.15) is 4.31 Å². The van der Waals surface area contributed by atoms with Gasteiger partial charge in [-0.25, -0.2) is 22.7 Å². The van der Waals surface area contributed by atoms with E-state index in [-0.39, 0.29) is 26.9 Å². The predicted molar refractivity (Wildman–Crippen MR) is 114 cm³/mol. The van der Waals surface area contributed by atoms with Gasteiger partial charge in [0.15, 0.2) is 5.78 Å². The molecule has 8 nitrogen and oxygen atoms in total. The number of Topliss-reactive ketones (excluding diaryl/α,β-unsaturated/α-hetero) is 1. The largest absolute Gasteiger partial charge is 0.434 e. The first-order chi connectivity index (χ1) is 15.0. The molecule has 11 heteroatoms. The van der Waals surface area contributed by atoms with Crippen LogP contribution in [0.2, 0.25) is 5.02 Å². The highest BCUT2D eigenvalue weighted by Crippen LogP contribution is 2.42. The second kappa shape index (κ2) is 7.95. The van der Waals surface area contributed by atoms with Gasteiger partial charge in [-0.05, 0) is 54.8 Å². The number of benzene rings is 2. The second-order valence-electron chi connectivity index (χ2n) is 7.70. The normalized spacial score (nSPS) is 17.7. The summed E-state index contributed by atoms with van der Waals surface area (Å²) in [6, 6.07) is 5.56. The van der Waals surface area contributed by atoms with Crippen molar-refractivity contribution in [2.75, 3.05) is 6.54 Å². The summed E-state index contributed by atoms with van der Waals surface area (Å²) < 4.78 is 48.0. The van der Waals surface area contributed by atoms with Crippen LogP contribution in [0.1, 0.15) is 51.8 Å². The number of H-pyrrole nitrogens is 1. The minimum absolute atomic E-state index is 0.0263. The van der Waals surface area contributed by atoms with Crippen LogP contribution >= 0.6 is 11.6 Å². The van der Waals surface area contributed by atoms with Crippen molar-refractivity contribution in [2.45, 2.75) is 37.6 Å². The first kappa shape index (κ1) is 22.4. The first-order valence-electron chi connectivity index (χ1n) is 9.68. The van der Waals surface area contributed by atoms with Gasteiger partial charge in [-0.3, -0.25) is 4.79 Å². The van der Waals surface area contributed by atoms with Crippen molar-refractivity contribution < 1.29 is 22.0 Å². The van der Waals surface area contributed by atoms with E-state index in [1.165, 1.54) is 24.3 Å². The average molecular weight is 480 g/mol. The Morgan fingerprint density at radius 1 is 1.22 bits per heavy atom. The Bertz CT molecular complexity index is 1400. The highest BCUT2D eigenvalue weighted by molar-refractivity contribution is 7.89. The Labute approximate surface area is 188 Å². The van der Waals surface area contributed by atoms with Gasteiger partial charge in [0.05, 0.1) is 11.4 Å². The highest BCUT2D eigenvalue weighted by atomic mass is 35.5. The molecule has 168 valence electrons. The number of sulfonamides is 1. The van der Waals surface area contributed by atoms with Gasteiger partial charge in [0.25, 0.3) is 0 Å². The number of aromatic amines is 1. The number of carbonyl (C=O) groups excluding carboxylic acids is 1. The Morgan fingerprint density at radius 3 is 2.59 bits per heavy atom. The lowest BCUT2D eigenvalue weighted by atomic mass is 9.87. The Morgan fingerprint density at radius 2 is 1.94 bits per heavy atom. The molecule has 1 N–H and O–H groups in total. The standard InChI is InChI=1S/C21H19ClFN3O5S/c1-10-4-6-15(23)18(11(10)2)12(3)19(20-24-25-21(28)31-20)26-9-16(27)14-8-13(22)5-7-17(14)32(26,29)30/h4-8,12,19H,9H2,1-3H3,(H,25,28)/t12?,19-/m0/s1. The van der Waals surface area contributed by atoms with E-state index in [1.807, 2.05) is 0 Å². The molecule has 0 radical (unpaired) electrons. The summed E-state index contributed by atoms with van der Waals surface area (Å²) in [7, 11) is -4.24.